The number of carbonyl (C=O) groups is 1. The molecule has 0 fully saturated rings. The Morgan fingerprint density at radius 2 is 2.38 bits per heavy atom. The zero-order valence-corrected chi connectivity index (χ0v) is 7.11. The van der Waals surface area contributed by atoms with Crippen molar-refractivity contribution in [1.82, 2.24) is 9.78 Å². The lowest BCUT2D eigenvalue weighted by Crippen LogP contribution is -1.99. The number of aryl methyl sites for hydroxylation is 1. The number of aromatic carboxylic acids is 1. The minimum Gasteiger partial charge on any atom is -0.478 e. The standard InChI is InChI=1S/C8H11FN2O2/c9-3-1-2-4-11-6-7(5-10-11)8(12)13/h5-6H,1-4H2,(H,12,13). The van der Waals surface area contributed by atoms with Crippen LogP contribution in [0.15, 0.2) is 12.4 Å². The molecule has 5 heteroatoms. The predicted molar refractivity (Wildman–Crippen MR) is 44.4 cm³/mol. The molecule has 0 bridgehead atoms. The third-order valence-electron chi connectivity index (χ3n) is 1.65. The predicted octanol–water partition coefficient (Wildman–Crippen LogP) is 1.33. The van der Waals surface area contributed by atoms with E-state index in [1.807, 2.05) is 0 Å². The second-order valence-corrected chi connectivity index (χ2v) is 2.69. The van der Waals surface area contributed by atoms with Gasteiger partial charge in [-0.3, -0.25) is 9.07 Å². The van der Waals surface area contributed by atoms with Crippen LogP contribution in [0.4, 0.5) is 4.39 Å². The fourth-order valence-electron chi connectivity index (χ4n) is 0.965. The monoisotopic (exact) mass is 186 g/mol. The Bertz CT molecular complexity index is 285. The highest BCUT2D eigenvalue weighted by Crippen LogP contribution is 2.00. The molecule has 0 atom stereocenters. The number of aromatic nitrogens is 2. The Morgan fingerprint density at radius 1 is 1.62 bits per heavy atom. The van der Waals surface area contributed by atoms with Gasteiger partial charge in [0.1, 0.15) is 0 Å². The largest absolute Gasteiger partial charge is 0.478 e. The molecule has 0 saturated heterocycles. The normalized spacial score (nSPS) is 10.2. The van der Waals surface area contributed by atoms with Crippen molar-refractivity contribution in [1.29, 1.82) is 0 Å². The van der Waals surface area contributed by atoms with Crippen LogP contribution in [0.3, 0.4) is 0 Å². The molecule has 0 aliphatic rings. The van der Waals surface area contributed by atoms with Crippen molar-refractivity contribution >= 4 is 5.97 Å². The third-order valence-corrected chi connectivity index (χ3v) is 1.65. The van der Waals surface area contributed by atoms with Gasteiger partial charge in [-0.15, -0.1) is 0 Å². The van der Waals surface area contributed by atoms with E-state index in [9.17, 15) is 9.18 Å². The molecule has 1 heterocycles. The zero-order chi connectivity index (χ0) is 9.68. The summed E-state index contributed by atoms with van der Waals surface area (Å²) in [6.07, 6.45) is 3.90. The highest BCUT2D eigenvalue weighted by atomic mass is 19.1. The summed E-state index contributed by atoms with van der Waals surface area (Å²) >= 11 is 0. The van der Waals surface area contributed by atoms with E-state index in [4.69, 9.17) is 5.11 Å². The molecule has 1 rings (SSSR count). The smallest absolute Gasteiger partial charge is 0.338 e. The number of alkyl halides is 1. The van der Waals surface area contributed by atoms with Crippen molar-refractivity contribution < 1.29 is 14.3 Å². The van der Waals surface area contributed by atoms with E-state index in [2.05, 4.69) is 5.10 Å². The molecular formula is C8H11FN2O2. The van der Waals surface area contributed by atoms with Crippen LogP contribution < -0.4 is 0 Å². The second kappa shape index (κ2) is 4.59. The SMILES string of the molecule is O=C(O)c1cnn(CCCCF)c1. The number of carboxylic acid groups (broad SMARTS) is 1. The summed E-state index contributed by atoms with van der Waals surface area (Å²) in [5, 5.41) is 12.4. The number of hydrogen-bond donors (Lipinski definition) is 1. The summed E-state index contributed by atoms with van der Waals surface area (Å²) < 4.78 is 13.2. The Morgan fingerprint density at radius 3 is 2.92 bits per heavy atom. The average molecular weight is 186 g/mol. The molecule has 0 saturated carbocycles. The van der Waals surface area contributed by atoms with Crippen molar-refractivity contribution in [3.05, 3.63) is 18.0 Å². The van der Waals surface area contributed by atoms with Gasteiger partial charge in [-0.1, -0.05) is 0 Å². The molecule has 1 N–H and O–H groups in total. The van der Waals surface area contributed by atoms with Gasteiger partial charge in [0.15, 0.2) is 0 Å². The summed E-state index contributed by atoms with van der Waals surface area (Å²) in [7, 11) is 0. The lowest BCUT2D eigenvalue weighted by molar-refractivity contribution is 0.0697. The lowest BCUT2D eigenvalue weighted by atomic mass is 10.3. The third kappa shape index (κ3) is 2.85. The topological polar surface area (TPSA) is 55.1 Å². The minimum absolute atomic E-state index is 0.167. The van der Waals surface area contributed by atoms with Gasteiger partial charge >= 0.3 is 5.97 Å². The zero-order valence-electron chi connectivity index (χ0n) is 7.11. The molecule has 13 heavy (non-hydrogen) atoms. The first-order chi connectivity index (χ1) is 6.24. The number of halogens is 1. The number of carboxylic acids is 1. The van der Waals surface area contributed by atoms with Gasteiger partial charge in [0.25, 0.3) is 0 Å². The van der Waals surface area contributed by atoms with E-state index in [0.717, 1.165) is 0 Å². The van der Waals surface area contributed by atoms with Crippen LogP contribution in [0.5, 0.6) is 0 Å². The van der Waals surface area contributed by atoms with Crippen LogP contribution in [-0.2, 0) is 6.54 Å². The molecule has 1 aromatic rings. The van der Waals surface area contributed by atoms with E-state index in [-0.39, 0.29) is 12.2 Å². The first-order valence-electron chi connectivity index (χ1n) is 4.05. The quantitative estimate of drug-likeness (QED) is 0.706. The fraction of sp³-hybridized carbons (Fsp3) is 0.500. The molecule has 4 nitrogen and oxygen atoms in total. The van der Waals surface area contributed by atoms with Crippen LogP contribution in [0.1, 0.15) is 23.2 Å². The molecule has 0 aliphatic carbocycles. The van der Waals surface area contributed by atoms with E-state index >= 15 is 0 Å². The van der Waals surface area contributed by atoms with E-state index < -0.39 is 5.97 Å². The Balaban J connectivity index is 2.44. The first kappa shape index (κ1) is 9.70. The number of nitrogens with zero attached hydrogens (tertiary/aromatic N) is 2. The Kier molecular flexibility index (Phi) is 3.42. The minimum atomic E-state index is -0.989. The molecular weight excluding hydrogens is 175 g/mol. The van der Waals surface area contributed by atoms with Gasteiger partial charge in [-0.25, -0.2) is 4.79 Å². The summed E-state index contributed by atoms with van der Waals surface area (Å²) in [4.78, 5) is 10.4. The lowest BCUT2D eigenvalue weighted by Gasteiger charge is -1.97. The van der Waals surface area contributed by atoms with Gasteiger partial charge in [0, 0.05) is 12.7 Å². The molecule has 72 valence electrons. The maximum absolute atomic E-state index is 11.7. The molecule has 0 aliphatic heterocycles. The van der Waals surface area contributed by atoms with E-state index in [0.29, 0.717) is 19.4 Å². The Hall–Kier alpha value is -1.39. The van der Waals surface area contributed by atoms with Crippen LogP contribution in [0.2, 0.25) is 0 Å². The van der Waals surface area contributed by atoms with Crippen LogP contribution >= 0.6 is 0 Å². The van der Waals surface area contributed by atoms with Gasteiger partial charge in [-0.2, -0.15) is 5.10 Å². The average Bonchev–Trinajstić information content (AvgIpc) is 2.53. The summed E-state index contributed by atoms with van der Waals surface area (Å²) in [5.41, 5.74) is 0.167. The molecule has 0 aromatic carbocycles. The van der Waals surface area contributed by atoms with Gasteiger partial charge in [-0.05, 0) is 12.8 Å². The van der Waals surface area contributed by atoms with Gasteiger partial charge in [0.05, 0.1) is 18.4 Å². The molecule has 1 aromatic heterocycles. The molecule has 0 radical (unpaired) electrons. The summed E-state index contributed by atoms with van der Waals surface area (Å²) in [6.45, 7) is 0.226. The highest BCUT2D eigenvalue weighted by molar-refractivity contribution is 5.86. The van der Waals surface area contributed by atoms with Crippen LogP contribution in [0.25, 0.3) is 0 Å². The first-order valence-corrected chi connectivity index (χ1v) is 4.05. The van der Waals surface area contributed by atoms with Crippen LogP contribution in [0, 0.1) is 0 Å². The molecule has 0 unspecified atom stereocenters. The van der Waals surface area contributed by atoms with Crippen LogP contribution in [-0.4, -0.2) is 27.5 Å². The number of rotatable bonds is 5. The second-order valence-electron chi connectivity index (χ2n) is 2.69. The van der Waals surface area contributed by atoms with Crippen molar-refractivity contribution in [2.24, 2.45) is 0 Å². The fourth-order valence-corrected chi connectivity index (χ4v) is 0.965. The summed E-state index contributed by atoms with van der Waals surface area (Å²) in [6, 6.07) is 0. The van der Waals surface area contributed by atoms with Crippen molar-refractivity contribution in [2.45, 2.75) is 19.4 Å². The van der Waals surface area contributed by atoms with E-state index in [1.54, 1.807) is 0 Å². The Labute approximate surface area is 75.0 Å². The van der Waals surface area contributed by atoms with Crippen molar-refractivity contribution in [3.63, 3.8) is 0 Å². The molecule has 0 spiro atoms. The maximum Gasteiger partial charge on any atom is 0.338 e. The maximum atomic E-state index is 11.7. The highest BCUT2D eigenvalue weighted by Gasteiger charge is 2.04. The molecule has 0 amide bonds. The van der Waals surface area contributed by atoms with Crippen molar-refractivity contribution in [3.8, 4) is 0 Å². The number of unbranched alkanes of at least 4 members (excludes halogenated alkanes) is 1. The van der Waals surface area contributed by atoms with Crippen molar-refractivity contribution in [2.75, 3.05) is 6.67 Å². The summed E-state index contributed by atoms with van der Waals surface area (Å²) in [5.74, 6) is -0.989. The van der Waals surface area contributed by atoms with Gasteiger partial charge in [0.2, 0.25) is 0 Å². The van der Waals surface area contributed by atoms with Gasteiger partial charge < -0.3 is 5.11 Å². The number of hydrogen-bond acceptors (Lipinski definition) is 2. The van der Waals surface area contributed by atoms with E-state index in [1.165, 1.54) is 17.1 Å².